The second-order valence-corrected chi connectivity index (χ2v) is 10.2. The van der Waals surface area contributed by atoms with E-state index in [0.29, 0.717) is 22.6 Å². The van der Waals surface area contributed by atoms with Crippen molar-refractivity contribution in [2.75, 3.05) is 16.7 Å². The first-order valence-corrected chi connectivity index (χ1v) is 12.6. The number of imidazole rings is 1. The zero-order valence-electron chi connectivity index (χ0n) is 19.7. The SMILES string of the molecule is BN1CCc2nc(C3CC3)cn2-c2cc(C(=O)Nc3csc(-c4nncn4C(C)C)n3)c(F)cc21. The molecule has 0 spiro atoms. The van der Waals surface area contributed by atoms with Gasteiger partial charge in [-0.05, 0) is 38.8 Å². The van der Waals surface area contributed by atoms with Crippen molar-refractivity contribution in [3.05, 3.63) is 52.9 Å². The van der Waals surface area contributed by atoms with Gasteiger partial charge in [0.15, 0.2) is 10.8 Å². The standard InChI is InChI=1S/C23H24BFN8OS/c1-12(2)32-11-26-30-21(32)23-29-19(10-35-23)28-22(34)14-7-17-18(8-15(14)25)33(24)6-5-20-27-16(9-31(17)20)13-3-4-13/h7-13H,3-6,24H2,1-2H3,(H,28,34). The van der Waals surface area contributed by atoms with Crippen molar-refractivity contribution < 1.29 is 9.18 Å². The largest absolute Gasteiger partial charge is 0.420 e. The number of hydrogen-bond acceptors (Lipinski definition) is 7. The number of carbonyl (C=O) groups is 1. The van der Waals surface area contributed by atoms with Crippen molar-refractivity contribution in [3.8, 4) is 16.5 Å². The highest BCUT2D eigenvalue weighted by atomic mass is 32.1. The van der Waals surface area contributed by atoms with Crippen LogP contribution in [-0.2, 0) is 6.42 Å². The average molecular weight is 490 g/mol. The van der Waals surface area contributed by atoms with E-state index in [1.807, 2.05) is 42.0 Å². The maximum absolute atomic E-state index is 15.2. The van der Waals surface area contributed by atoms with Crippen molar-refractivity contribution in [2.45, 2.75) is 45.1 Å². The van der Waals surface area contributed by atoms with Crippen LogP contribution in [0.15, 0.2) is 30.0 Å². The van der Waals surface area contributed by atoms with Crippen LogP contribution in [0.1, 0.15) is 60.5 Å². The van der Waals surface area contributed by atoms with Gasteiger partial charge in [-0.15, -0.1) is 21.5 Å². The lowest BCUT2D eigenvalue weighted by molar-refractivity contribution is 0.102. The first-order chi connectivity index (χ1) is 16.9. The Morgan fingerprint density at radius 3 is 2.86 bits per heavy atom. The van der Waals surface area contributed by atoms with Gasteiger partial charge < -0.3 is 19.3 Å². The third kappa shape index (κ3) is 3.91. The van der Waals surface area contributed by atoms with Crippen LogP contribution in [0, 0.1) is 5.82 Å². The van der Waals surface area contributed by atoms with E-state index in [0.717, 1.165) is 48.7 Å². The Balaban J connectivity index is 1.32. The Morgan fingerprint density at radius 1 is 1.26 bits per heavy atom. The lowest BCUT2D eigenvalue weighted by Crippen LogP contribution is -2.22. The van der Waals surface area contributed by atoms with Gasteiger partial charge in [0.2, 0.25) is 7.98 Å². The van der Waals surface area contributed by atoms with Gasteiger partial charge in [-0.3, -0.25) is 4.79 Å². The predicted octanol–water partition coefficient (Wildman–Crippen LogP) is 3.35. The van der Waals surface area contributed by atoms with Crippen LogP contribution in [0.2, 0.25) is 0 Å². The molecule has 4 heterocycles. The molecule has 0 radical (unpaired) electrons. The minimum atomic E-state index is -0.575. The summed E-state index contributed by atoms with van der Waals surface area (Å²) >= 11 is 1.35. The van der Waals surface area contributed by atoms with Crippen LogP contribution in [0.3, 0.4) is 0 Å². The van der Waals surface area contributed by atoms with Gasteiger partial charge in [0, 0.05) is 36.5 Å². The van der Waals surface area contributed by atoms with Crippen LogP contribution >= 0.6 is 11.3 Å². The number of thiazole rings is 1. The molecule has 1 N–H and O–H groups in total. The smallest absolute Gasteiger partial charge is 0.259 e. The molecule has 1 aliphatic carbocycles. The van der Waals surface area contributed by atoms with Gasteiger partial charge >= 0.3 is 0 Å². The number of nitrogens with zero attached hydrogens (tertiary/aromatic N) is 7. The molecule has 0 bridgehead atoms. The van der Waals surface area contributed by atoms with Crippen LogP contribution in [0.4, 0.5) is 15.9 Å². The molecular formula is C23H24BFN8OS. The fraction of sp³-hybridized carbons (Fsp3) is 0.348. The summed E-state index contributed by atoms with van der Waals surface area (Å²) in [4.78, 5) is 24.5. The quantitative estimate of drug-likeness (QED) is 0.432. The molecule has 0 unspecified atom stereocenters. The number of carbonyl (C=O) groups excluding carboxylic acids is 1. The molecule has 0 saturated heterocycles. The highest BCUT2D eigenvalue weighted by Gasteiger charge is 2.30. The summed E-state index contributed by atoms with van der Waals surface area (Å²) in [6.07, 6.45) is 6.76. The van der Waals surface area contributed by atoms with Crippen LogP contribution in [0.5, 0.6) is 0 Å². The molecule has 1 saturated carbocycles. The number of halogens is 1. The highest BCUT2D eigenvalue weighted by molar-refractivity contribution is 7.13. The molecule has 178 valence electrons. The molecule has 1 aromatic carbocycles. The van der Waals surface area contributed by atoms with Crippen LogP contribution in [0.25, 0.3) is 16.5 Å². The topological polar surface area (TPSA) is 93.8 Å². The number of amides is 1. The third-order valence-electron chi connectivity index (χ3n) is 6.51. The number of benzene rings is 1. The van der Waals surface area contributed by atoms with E-state index in [1.54, 1.807) is 17.8 Å². The second-order valence-electron chi connectivity index (χ2n) is 9.37. The summed E-state index contributed by atoms with van der Waals surface area (Å²) < 4.78 is 19.1. The summed E-state index contributed by atoms with van der Waals surface area (Å²) in [6, 6.07) is 3.22. The van der Waals surface area contributed by atoms with E-state index >= 15 is 4.39 Å². The normalized spacial score (nSPS) is 15.1. The van der Waals surface area contributed by atoms with E-state index in [2.05, 4.69) is 20.5 Å². The van der Waals surface area contributed by atoms with Crippen LogP contribution in [-0.4, -0.2) is 49.7 Å². The molecule has 12 heteroatoms. The van der Waals surface area contributed by atoms with Gasteiger partial charge in [-0.1, -0.05) is 0 Å². The zero-order valence-corrected chi connectivity index (χ0v) is 20.5. The van der Waals surface area contributed by atoms with E-state index in [9.17, 15) is 4.79 Å². The van der Waals surface area contributed by atoms with Crippen molar-refractivity contribution in [2.24, 2.45) is 0 Å². The van der Waals surface area contributed by atoms with Crippen molar-refractivity contribution >= 4 is 36.7 Å². The lowest BCUT2D eigenvalue weighted by Gasteiger charge is -2.21. The van der Waals surface area contributed by atoms with E-state index < -0.39 is 11.7 Å². The molecule has 9 nitrogen and oxygen atoms in total. The van der Waals surface area contributed by atoms with E-state index in [-0.39, 0.29) is 11.6 Å². The molecule has 1 amide bonds. The average Bonchev–Trinajstić information content (AvgIpc) is 3.22. The molecular weight excluding hydrogens is 466 g/mol. The van der Waals surface area contributed by atoms with Crippen molar-refractivity contribution in [1.82, 2.24) is 29.3 Å². The molecule has 2 aliphatic rings. The number of hydrogen-bond donors (Lipinski definition) is 1. The molecule has 1 aliphatic heterocycles. The monoisotopic (exact) mass is 490 g/mol. The first-order valence-electron chi connectivity index (χ1n) is 11.7. The zero-order chi connectivity index (χ0) is 24.3. The Labute approximate surface area is 206 Å². The summed E-state index contributed by atoms with van der Waals surface area (Å²) in [5, 5.41) is 13.2. The van der Waals surface area contributed by atoms with Gasteiger partial charge in [0.05, 0.1) is 22.6 Å². The summed E-state index contributed by atoms with van der Waals surface area (Å²) in [7, 11) is 1.93. The Bertz CT molecular complexity index is 1440. The summed E-state index contributed by atoms with van der Waals surface area (Å²) in [5.41, 5.74) is 2.54. The summed E-state index contributed by atoms with van der Waals surface area (Å²) in [5.74, 6) is 1.30. The van der Waals surface area contributed by atoms with Gasteiger partial charge in [0.25, 0.3) is 5.91 Å². The number of nitrogens with one attached hydrogen (secondary N) is 1. The van der Waals surface area contributed by atoms with Crippen molar-refractivity contribution in [3.63, 3.8) is 0 Å². The van der Waals surface area contributed by atoms with Gasteiger partial charge in [0.1, 0.15) is 23.8 Å². The molecule has 35 heavy (non-hydrogen) atoms. The molecule has 1 fully saturated rings. The number of aromatic nitrogens is 6. The minimum absolute atomic E-state index is 0.0356. The Morgan fingerprint density at radius 2 is 2.09 bits per heavy atom. The van der Waals surface area contributed by atoms with Crippen LogP contribution < -0.4 is 10.1 Å². The second kappa shape index (κ2) is 8.30. The van der Waals surface area contributed by atoms with Crippen molar-refractivity contribution in [1.29, 1.82) is 0 Å². The highest BCUT2D eigenvalue weighted by Crippen LogP contribution is 2.41. The summed E-state index contributed by atoms with van der Waals surface area (Å²) in [6.45, 7) is 4.78. The van der Waals surface area contributed by atoms with Gasteiger partial charge in [-0.25, -0.2) is 14.4 Å². The van der Waals surface area contributed by atoms with E-state index in [1.165, 1.54) is 17.4 Å². The molecule has 0 atom stereocenters. The Hall–Kier alpha value is -3.54. The van der Waals surface area contributed by atoms with E-state index in [4.69, 9.17) is 4.98 Å². The molecule has 4 aromatic rings. The fourth-order valence-corrected chi connectivity index (χ4v) is 5.14. The Kier molecular flexibility index (Phi) is 5.21. The lowest BCUT2D eigenvalue weighted by atomic mass is 10.1. The predicted molar refractivity (Wildman–Crippen MR) is 135 cm³/mol. The maximum Gasteiger partial charge on any atom is 0.259 e. The van der Waals surface area contributed by atoms with Gasteiger partial charge in [-0.2, -0.15) is 0 Å². The molecule has 6 rings (SSSR count). The number of fused-ring (bicyclic) bond motifs is 3. The number of rotatable bonds is 5. The third-order valence-corrected chi connectivity index (χ3v) is 7.35. The fourth-order valence-electron chi connectivity index (χ4n) is 4.40. The maximum atomic E-state index is 15.2. The number of anilines is 2. The first kappa shape index (κ1) is 22.0. The minimum Gasteiger partial charge on any atom is -0.420 e. The molecule has 3 aromatic heterocycles.